The van der Waals surface area contributed by atoms with Crippen LogP contribution in [0.5, 0.6) is 5.75 Å². The monoisotopic (exact) mass is 266 g/mol. The minimum atomic E-state index is -1.13. The van der Waals surface area contributed by atoms with Gasteiger partial charge in [-0.2, -0.15) is 0 Å². The van der Waals surface area contributed by atoms with Gasteiger partial charge in [-0.05, 0) is 6.07 Å². The van der Waals surface area contributed by atoms with Crippen LogP contribution in [0.15, 0.2) is 18.5 Å². The van der Waals surface area contributed by atoms with Crippen molar-refractivity contribution in [1.82, 2.24) is 9.88 Å². The Morgan fingerprint density at radius 2 is 2.26 bits per heavy atom. The fraction of sp³-hybridized carbons (Fsp3) is 0.417. The second-order valence-electron chi connectivity index (χ2n) is 4.28. The second kappa shape index (κ2) is 5.23. The van der Waals surface area contributed by atoms with Gasteiger partial charge in [-0.25, -0.2) is 4.79 Å². The molecule has 0 aliphatic carbocycles. The quantitative estimate of drug-likeness (QED) is 0.782. The number of rotatable bonds is 3. The van der Waals surface area contributed by atoms with E-state index in [1.807, 2.05) is 0 Å². The molecule has 1 fully saturated rings. The zero-order chi connectivity index (χ0) is 14.0. The van der Waals surface area contributed by atoms with Crippen molar-refractivity contribution in [3.05, 3.63) is 24.0 Å². The van der Waals surface area contributed by atoms with E-state index in [-0.39, 0.29) is 24.3 Å². The molecule has 7 nitrogen and oxygen atoms in total. The Morgan fingerprint density at radius 1 is 1.53 bits per heavy atom. The summed E-state index contributed by atoms with van der Waals surface area (Å²) in [7, 11) is 1.40. The van der Waals surface area contributed by atoms with Crippen LogP contribution in [0.2, 0.25) is 0 Å². The highest BCUT2D eigenvalue weighted by Crippen LogP contribution is 2.24. The normalized spacial score (nSPS) is 22.3. The number of aliphatic hydroxyl groups excluding tert-OH is 1. The number of carboxylic acids is 1. The summed E-state index contributed by atoms with van der Waals surface area (Å²) in [5.74, 6) is -1.33. The van der Waals surface area contributed by atoms with Gasteiger partial charge in [0.2, 0.25) is 0 Å². The van der Waals surface area contributed by atoms with E-state index >= 15 is 0 Å². The number of β-amino-alcohol motifs (C(OH)–C–C–N with tert-alkyl or cyclic N) is 1. The van der Waals surface area contributed by atoms with Crippen LogP contribution in [0, 0.1) is 0 Å². The van der Waals surface area contributed by atoms with E-state index < -0.39 is 24.0 Å². The Morgan fingerprint density at radius 3 is 2.89 bits per heavy atom. The van der Waals surface area contributed by atoms with Crippen molar-refractivity contribution in [2.75, 3.05) is 13.7 Å². The number of methoxy groups -OCH3 is 1. The fourth-order valence-corrected chi connectivity index (χ4v) is 2.15. The highest BCUT2D eigenvalue weighted by Gasteiger charge is 2.39. The van der Waals surface area contributed by atoms with Crippen molar-refractivity contribution in [2.24, 2.45) is 0 Å². The van der Waals surface area contributed by atoms with Crippen LogP contribution in [-0.2, 0) is 4.79 Å². The molecule has 102 valence electrons. The van der Waals surface area contributed by atoms with Gasteiger partial charge in [0.25, 0.3) is 5.91 Å². The number of likely N-dealkylation sites (tertiary alicyclic amines) is 1. The van der Waals surface area contributed by atoms with Crippen LogP contribution in [0.3, 0.4) is 0 Å². The lowest BCUT2D eigenvalue weighted by atomic mass is 10.1. The van der Waals surface area contributed by atoms with E-state index in [4.69, 9.17) is 9.84 Å². The molecular formula is C12H14N2O5. The molecule has 1 aliphatic rings. The Labute approximate surface area is 109 Å². The molecule has 0 spiro atoms. The molecule has 0 saturated carbocycles. The van der Waals surface area contributed by atoms with Gasteiger partial charge < -0.3 is 19.8 Å². The van der Waals surface area contributed by atoms with Gasteiger partial charge in [-0.15, -0.1) is 0 Å². The number of pyridine rings is 1. The summed E-state index contributed by atoms with van der Waals surface area (Å²) in [5, 5.41) is 18.6. The maximum absolute atomic E-state index is 12.3. The van der Waals surface area contributed by atoms with Gasteiger partial charge in [0, 0.05) is 19.2 Å². The summed E-state index contributed by atoms with van der Waals surface area (Å²) >= 11 is 0. The van der Waals surface area contributed by atoms with Gasteiger partial charge in [0.05, 0.1) is 25.0 Å². The van der Waals surface area contributed by atoms with Gasteiger partial charge in [0.1, 0.15) is 11.8 Å². The van der Waals surface area contributed by atoms with E-state index in [2.05, 4.69) is 4.98 Å². The van der Waals surface area contributed by atoms with E-state index in [0.29, 0.717) is 0 Å². The molecule has 1 aromatic heterocycles. The number of amides is 1. The first-order chi connectivity index (χ1) is 9.04. The third-order valence-corrected chi connectivity index (χ3v) is 3.06. The maximum Gasteiger partial charge on any atom is 0.326 e. The number of nitrogens with zero attached hydrogens (tertiary/aromatic N) is 2. The predicted octanol–water partition coefficient (Wildman–Crippen LogP) is -0.250. The third-order valence-electron chi connectivity index (χ3n) is 3.06. The average molecular weight is 266 g/mol. The van der Waals surface area contributed by atoms with Crippen LogP contribution in [0.25, 0.3) is 0 Å². The predicted molar refractivity (Wildman–Crippen MR) is 63.9 cm³/mol. The Balaban J connectivity index is 2.30. The third kappa shape index (κ3) is 2.50. The fourth-order valence-electron chi connectivity index (χ4n) is 2.15. The van der Waals surface area contributed by atoms with Crippen LogP contribution in [0.1, 0.15) is 16.8 Å². The standard InChI is InChI=1S/C12H14N2O5/c1-19-10-5-13-3-2-8(10)11(16)14-6-7(15)4-9(14)12(17)18/h2-3,5,7,9,15H,4,6H2,1H3,(H,17,18)/t7?,9-/m0/s1. The molecule has 0 aromatic carbocycles. The summed E-state index contributed by atoms with van der Waals surface area (Å²) in [4.78, 5) is 28.4. The van der Waals surface area contributed by atoms with Gasteiger partial charge in [0.15, 0.2) is 0 Å². The molecule has 1 aliphatic heterocycles. The van der Waals surface area contributed by atoms with Crippen molar-refractivity contribution in [1.29, 1.82) is 0 Å². The van der Waals surface area contributed by atoms with Crippen LogP contribution in [-0.4, -0.2) is 57.8 Å². The van der Waals surface area contributed by atoms with Gasteiger partial charge in [-0.3, -0.25) is 9.78 Å². The summed E-state index contributed by atoms with van der Waals surface area (Å²) in [6.45, 7) is 0.00127. The molecule has 1 unspecified atom stereocenters. The number of carboxylic acid groups (broad SMARTS) is 1. The summed E-state index contributed by atoms with van der Waals surface area (Å²) in [5.41, 5.74) is 0.234. The van der Waals surface area contributed by atoms with E-state index in [9.17, 15) is 14.7 Å². The van der Waals surface area contributed by atoms with Crippen molar-refractivity contribution in [3.8, 4) is 5.75 Å². The Kier molecular flexibility index (Phi) is 3.66. The second-order valence-corrected chi connectivity index (χ2v) is 4.28. The highest BCUT2D eigenvalue weighted by molar-refractivity contribution is 5.99. The number of ether oxygens (including phenoxy) is 1. The zero-order valence-electron chi connectivity index (χ0n) is 10.3. The molecule has 1 saturated heterocycles. The first-order valence-corrected chi connectivity index (χ1v) is 5.74. The smallest absolute Gasteiger partial charge is 0.326 e. The Bertz CT molecular complexity index is 505. The van der Waals surface area contributed by atoms with E-state index in [1.165, 1.54) is 25.6 Å². The summed E-state index contributed by atoms with van der Waals surface area (Å²) in [6, 6.07) is 0.450. The molecule has 0 radical (unpaired) electrons. The molecular weight excluding hydrogens is 252 g/mol. The maximum atomic E-state index is 12.3. The minimum absolute atomic E-state index is 0.00127. The van der Waals surface area contributed by atoms with Crippen molar-refractivity contribution in [2.45, 2.75) is 18.6 Å². The lowest BCUT2D eigenvalue weighted by Crippen LogP contribution is -2.40. The van der Waals surface area contributed by atoms with E-state index in [0.717, 1.165) is 4.90 Å². The molecule has 0 bridgehead atoms. The summed E-state index contributed by atoms with van der Waals surface area (Å²) in [6.07, 6.45) is 2.03. The molecule has 19 heavy (non-hydrogen) atoms. The number of carbonyl (C=O) groups is 2. The number of carbonyl (C=O) groups excluding carboxylic acids is 1. The molecule has 2 heterocycles. The van der Waals surface area contributed by atoms with Gasteiger partial charge in [-0.1, -0.05) is 0 Å². The number of aliphatic carboxylic acids is 1. The molecule has 7 heteroatoms. The largest absolute Gasteiger partial charge is 0.494 e. The first-order valence-electron chi connectivity index (χ1n) is 5.74. The molecule has 2 N–H and O–H groups in total. The van der Waals surface area contributed by atoms with Crippen LogP contribution in [0.4, 0.5) is 0 Å². The van der Waals surface area contributed by atoms with Crippen molar-refractivity contribution >= 4 is 11.9 Å². The SMILES string of the molecule is COc1cnccc1C(=O)N1CC(O)C[C@H]1C(=O)O. The highest BCUT2D eigenvalue weighted by atomic mass is 16.5. The van der Waals surface area contributed by atoms with Crippen LogP contribution >= 0.6 is 0 Å². The molecule has 2 atom stereocenters. The Hall–Kier alpha value is -2.15. The number of hydrogen-bond donors (Lipinski definition) is 2. The molecule has 2 rings (SSSR count). The number of aliphatic hydroxyl groups is 1. The van der Waals surface area contributed by atoms with E-state index in [1.54, 1.807) is 0 Å². The van der Waals surface area contributed by atoms with Crippen molar-refractivity contribution < 1.29 is 24.5 Å². The number of aromatic nitrogens is 1. The minimum Gasteiger partial charge on any atom is -0.494 e. The molecule has 1 amide bonds. The zero-order valence-corrected chi connectivity index (χ0v) is 10.3. The van der Waals surface area contributed by atoms with Crippen molar-refractivity contribution in [3.63, 3.8) is 0 Å². The molecule has 1 aromatic rings. The number of hydrogen-bond acceptors (Lipinski definition) is 5. The summed E-state index contributed by atoms with van der Waals surface area (Å²) < 4.78 is 5.03. The first kappa shape index (κ1) is 13.3. The van der Waals surface area contributed by atoms with Crippen LogP contribution < -0.4 is 4.74 Å². The van der Waals surface area contributed by atoms with Gasteiger partial charge >= 0.3 is 5.97 Å². The average Bonchev–Trinajstić information content (AvgIpc) is 2.80. The lowest BCUT2D eigenvalue weighted by molar-refractivity contribution is -0.141. The lowest BCUT2D eigenvalue weighted by Gasteiger charge is -2.21. The topological polar surface area (TPSA) is 100.0 Å².